The Kier molecular flexibility index (Phi) is 3.27. The van der Waals surface area contributed by atoms with E-state index in [-0.39, 0.29) is 4.83 Å². The third-order valence-electron chi connectivity index (χ3n) is 2.52. The fourth-order valence-electron chi connectivity index (χ4n) is 1.53. The van der Waals surface area contributed by atoms with Crippen LogP contribution in [0, 0.1) is 0 Å². The quantitative estimate of drug-likeness (QED) is 0.753. The molecule has 1 atom stereocenters. The van der Waals surface area contributed by atoms with Gasteiger partial charge in [0.1, 0.15) is 0 Å². The van der Waals surface area contributed by atoms with Crippen LogP contribution in [0.2, 0.25) is 0 Å². The first-order valence-corrected chi connectivity index (χ1v) is 5.98. The van der Waals surface area contributed by atoms with Crippen molar-refractivity contribution in [3.05, 3.63) is 59.5 Å². The monoisotopic (exact) mass is 264 g/mol. The molecule has 2 aromatic rings. The zero-order chi connectivity index (χ0) is 10.7. The first kappa shape index (κ1) is 10.5. The Labute approximate surface area is 98.2 Å². The maximum Gasteiger partial charge on any atom is 0.0949 e. The van der Waals surface area contributed by atoms with E-state index in [9.17, 15) is 0 Å². The van der Waals surface area contributed by atoms with E-state index in [0.717, 1.165) is 12.0 Å². The lowest BCUT2D eigenvalue weighted by atomic mass is 10.0. The number of alkyl halides is 1. The molecule has 0 spiro atoms. The summed E-state index contributed by atoms with van der Waals surface area (Å²) in [7, 11) is 0. The van der Waals surface area contributed by atoms with E-state index < -0.39 is 0 Å². The molecule has 0 bridgehead atoms. The molecule has 0 aliphatic heterocycles. The lowest BCUT2D eigenvalue weighted by molar-refractivity contribution is 0.564. The molecular weight excluding hydrogens is 252 g/mol. The summed E-state index contributed by atoms with van der Waals surface area (Å²) in [4.78, 5) is 0.224. The van der Waals surface area contributed by atoms with Gasteiger partial charge < -0.3 is 4.42 Å². The van der Waals surface area contributed by atoms with Crippen LogP contribution in [0.1, 0.15) is 28.4 Å². The molecule has 2 heteroatoms. The summed E-state index contributed by atoms with van der Waals surface area (Å²) in [5, 5.41) is 0. The predicted molar refractivity (Wildman–Crippen MR) is 65.3 cm³/mol. The summed E-state index contributed by atoms with van der Waals surface area (Å²) in [5.41, 5.74) is 3.78. The molecule has 0 radical (unpaired) electrons. The second-order valence-corrected chi connectivity index (χ2v) is 4.43. The molecule has 1 aromatic carbocycles. The molecule has 0 aliphatic carbocycles. The Balaban J connectivity index is 2.22. The molecule has 1 heterocycles. The molecule has 1 aromatic heterocycles. The lowest BCUT2D eigenvalue weighted by Gasteiger charge is -2.08. The second kappa shape index (κ2) is 4.67. The smallest absolute Gasteiger partial charge is 0.0949 e. The van der Waals surface area contributed by atoms with Gasteiger partial charge in [-0.3, -0.25) is 0 Å². The molecule has 1 nitrogen and oxygen atoms in total. The van der Waals surface area contributed by atoms with Gasteiger partial charge in [-0.2, -0.15) is 0 Å². The minimum atomic E-state index is 0.224. The van der Waals surface area contributed by atoms with Crippen molar-refractivity contribution in [1.82, 2.24) is 0 Å². The summed E-state index contributed by atoms with van der Waals surface area (Å²) in [6, 6.07) is 10.6. The van der Waals surface area contributed by atoms with Crippen LogP contribution in [0.25, 0.3) is 0 Å². The van der Waals surface area contributed by atoms with Gasteiger partial charge in [-0.25, -0.2) is 0 Å². The van der Waals surface area contributed by atoms with Crippen molar-refractivity contribution in [2.45, 2.75) is 18.2 Å². The van der Waals surface area contributed by atoms with Crippen LogP contribution in [-0.2, 0) is 6.42 Å². The van der Waals surface area contributed by atoms with Gasteiger partial charge in [-0.15, -0.1) is 0 Å². The molecule has 0 saturated heterocycles. The predicted octanol–water partition coefficient (Wildman–Crippen LogP) is 4.33. The highest BCUT2D eigenvalue weighted by atomic mass is 79.9. The van der Waals surface area contributed by atoms with Gasteiger partial charge in [0.2, 0.25) is 0 Å². The number of hydrogen-bond donors (Lipinski definition) is 0. The van der Waals surface area contributed by atoms with Crippen LogP contribution < -0.4 is 0 Å². The highest BCUT2D eigenvalue weighted by Gasteiger charge is 2.10. The van der Waals surface area contributed by atoms with Gasteiger partial charge in [0.05, 0.1) is 17.4 Å². The van der Waals surface area contributed by atoms with Gasteiger partial charge in [0, 0.05) is 5.56 Å². The third-order valence-corrected chi connectivity index (χ3v) is 3.57. The Bertz CT molecular complexity index is 403. The van der Waals surface area contributed by atoms with Gasteiger partial charge in [0.15, 0.2) is 0 Å². The lowest BCUT2D eigenvalue weighted by Crippen LogP contribution is -1.91. The number of benzene rings is 1. The topological polar surface area (TPSA) is 13.1 Å². The van der Waals surface area contributed by atoms with E-state index in [2.05, 4.69) is 47.1 Å². The van der Waals surface area contributed by atoms with E-state index in [1.54, 1.807) is 12.5 Å². The van der Waals surface area contributed by atoms with Crippen LogP contribution in [-0.4, -0.2) is 0 Å². The van der Waals surface area contributed by atoms with Crippen molar-refractivity contribution >= 4 is 15.9 Å². The summed E-state index contributed by atoms with van der Waals surface area (Å²) < 4.78 is 5.07. The molecule has 0 fully saturated rings. The highest BCUT2D eigenvalue weighted by molar-refractivity contribution is 9.09. The van der Waals surface area contributed by atoms with Gasteiger partial charge in [0.25, 0.3) is 0 Å². The van der Waals surface area contributed by atoms with Crippen LogP contribution in [0.4, 0.5) is 0 Å². The third kappa shape index (κ3) is 2.32. The summed E-state index contributed by atoms with van der Waals surface area (Å²) in [5.74, 6) is 0. The van der Waals surface area contributed by atoms with E-state index in [1.807, 2.05) is 6.07 Å². The SMILES string of the molecule is CCc1ccc(C(Br)c2ccoc2)cc1. The largest absolute Gasteiger partial charge is 0.472 e. The standard InChI is InChI=1S/C13H13BrO/c1-2-10-3-5-11(6-4-10)13(14)12-7-8-15-9-12/h3-9,13H,2H2,1H3. The van der Waals surface area contributed by atoms with E-state index in [1.165, 1.54) is 11.1 Å². The molecule has 15 heavy (non-hydrogen) atoms. The number of rotatable bonds is 3. The molecule has 0 amide bonds. The van der Waals surface area contributed by atoms with Crippen LogP contribution in [0.5, 0.6) is 0 Å². The van der Waals surface area contributed by atoms with Crippen molar-refractivity contribution in [1.29, 1.82) is 0 Å². The van der Waals surface area contributed by atoms with Crippen LogP contribution >= 0.6 is 15.9 Å². The fourth-order valence-corrected chi connectivity index (χ4v) is 2.10. The first-order chi connectivity index (χ1) is 7.31. The summed E-state index contributed by atoms with van der Waals surface area (Å²) in [6.07, 6.45) is 4.55. The molecular formula is C13H13BrO. The normalized spacial score (nSPS) is 12.7. The Morgan fingerprint density at radius 3 is 2.40 bits per heavy atom. The van der Waals surface area contributed by atoms with Crippen molar-refractivity contribution < 1.29 is 4.42 Å². The minimum Gasteiger partial charge on any atom is -0.472 e. The summed E-state index contributed by atoms with van der Waals surface area (Å²) >= 11 is 3.66. The molecule has 2 rings (SSSR count). The Morgan fingerprint density at radius 2 is 1.87 bits per heavy atom. The van der Waals surface area contributed by atoms with E-state index in [0.29, 0.717) is 0 Å². The maximum absolute atomic E-state index is 5.07. The Morgan fingerprint density at radius 1 is 1.13 bits per heavy atom. The molecule has 78 valence electrons. The molecule has 0 aliphatic rings. The van der Waals surface area contributed by atoms with Gasteiger partial charge in [-0.1, -0.05) is 47.1 Å². The summed E-state index contributed by atoms with van der Waals surface area (Å²) in [6.45, 7) is 2.16. The van der Waals surface area contributed by atoms with Gasteiger partial charge >= 0.3 is 0 Å². The maximum atomic E-state index is 5.07. The number of aryl methyl sites for hydroxylation is 1. The average Bonchev–Trinajstić information content (AvgIpc) is 2.82. The zero-order valence-corrected chi connectivity index (χ0v) is 10.2. The molecule has 0 N–H and O–H groups in total. The number of halogens is 1. The van der Waals surface area contributed by atoms with Crippen molar-refractivity contribution in [2.75, 3.05) is 0 Å². The zero-order valence-electron chi connectivity index (χ0n) is 8.61. The van der Waals surface area contributed by atoms with Crippen molar-refractivity contribution in [3.8, 4) is 0 Å². The highest BCUT2D eigenvalue weighted by Crippen LogP contribution is 2.30. The Hall–Kier alpha value is -1.02. The number of furan rings is 1. The van der Waals surface area contributed by atoms with E-state index >= 15 is 0 Å². The first-order valence-electron chi connectivity index (χ1n) is 5.06. The second-order valence-electron chi connectivity index (χ2n) is 3.51. The van der Waals surface area contributed by atoms with Gasteiger partial charge in [-0.05, 0) is 23.6 Å². The minimum absolute atomic E-state index is 0.224. The van der Waals surface area contributed by atoms with E-state index in [4.69, 9.17) is 4.42 Å². The van der Waals surface area contributed by atoms with Crippen molar-refractivity contribution in [3.63, 3.8) is 0 Å². The average molecular weight is 265 g/mol. The molecule has 1 unspecified atom stereocenters. The fraction of sp³-hybridized carbons (Fsp3) is 0.231. The van der Waals surface area contributed by atoms with Crippen LogP contribution in [0.15, 0.2) is 47.3 Å². The molecule has 0 saturated carbocycles. The van der Waals surface area contributed by atoms with Crippen molar-refractivity contribution in [2.24, 2.45) is 0 Å². The number of hydrogen-bond acceptors (Lipinski definition) is 1. The van der Waals surface area contributed by atoms with Crippen LogP contribution in [0.3, 0.4) is 0 Å².